The van der Waals surface area contributed by atoms with E-state index in [0.29, 0.717) is 28.9 Å². The van der Waals surface area contributed by atoms with Crippen LogP contribution in [0.25, 0.3) is 0 Å². The van der Waals surface area contributed by atoms with Crippen LogP contribution in [0.2, 0.25) is 0 Å². The lowest BCUT2D eigenvalue weighted by Crippen LogP contribution is -2.32. The van der Waals surface area contributed by atoms with Gasteiger partial charge in [-0.1, -0.05) is 55.4 Å². The zero-order valence-corrected chi connectivity index (χ0v) is 25.7. The Balaban J connectivity index is 1.71. The number of anilines is 3. The SMILES string of the molecule is CCC(C)C(=O)Nc1cc(NC(=O)C2CCC(C(C)(C)C)CC2)cc(NC(=O)C2CCC(C(C)(C)C)CC2)c1. The van der Waals surface area contributed by atoms with Crippen molar-refractivity contribution in [2.24, 2.45) is 40.4 Å². The zero-order chi connectivity index (χ0) is 29.0. The van der Waals surface area contributed by atoms with Gasteiger partial charge in [0.05, 0.1) is 0 Å². The van der Waals surface area contributed by atoms with E-state index in [1.165, 1.54) is 0 Å². The van der Waals surface area contributed by atoms with Crippen molar-refractivity contribution < 1.29 is 14.4 Å². The van der Waals surface area contributed by atoms with E-state index in [1.54, 1.807) is 12.1 Å². The van der Waals surface area contributed by atoms with Crippen LogP contribution in [-0.4, -0.2) is 17.7 Å². The lowest BCUT2D eigenvalue weighted by atomic mass is 9.69. The summed E-state index contributed by atoms with van der Waals surface area (Å²) in [5, 5.41) is 9.17. The summed E-state index contributed by atoms with van der Waals surface area (Å²) in [4.78, 5) is 39.1. The minimum atomic E-state index is -0.128. The Labute approximate surface area is 236 Å². The van der Waals surface area contributed by atoms with Crippen LogP contribution in [0, 0.1) is 40.4 Å². The third kappa shape index (κ3) is 8.81. The average molecular weight is 540 g/mol. The molecule has 3 N–H and O–H groups in total. The number of rotatable bonds is 7. The summed E-state index contributed by atoms with van der Waals surface area (Å²) < 4.78 is 0. The summed E-state index contributed by atoms with van der Waals surface area (Å²) in [6, 6.07) is 5.41. The quantitative estimate of drug-likeness (QED) is 0.326. The fraction of sp³-hybridized carbons (Fsp3) is 0.727. The summed E-state index contributed by atoms with van der Waals surface area (Å²) in [5.41, 5.74) is 2.32. The van der Waals surface area contributed by atoms with Crippen molar-refractivity contribution in [2.75, 3.05) is 16.0 Å². The van der Waals surface area contributed by atoms with Gasteiger partial charge in [0.1, 0.15) is 0 Å². The van der Waals surface area contributed by atoms with Crippen LogP contribution in [0.15, 0.2) is 18.2 Å². The summed E-state index contributed by atoms with van der Waals surface area (Å²) in [7, 11) is 0. The van der Waals surface area contributed by atoms with Crippen molar-refractivity contribution in [3.05, 3.63) is 18.2 Å². The normalized spacial score (nSPS) is 24.9. The molecule has 6 nitrogen and oxygen atoms in total. The Morgan fingerprint density at radius 1 is 0.667 bits per heavy atom. The van der Waals surface area contributed by atoms with E-state index in [4.69, 9.17) is 0 Å². The molecule has 0 aliphatic heterocycles. The van der Waals surface area contributed by atoms with Gasteiger partial charge >= 0.3 is 0 Å². The largest absolute Gasteiger partial charge is 0.326 e. The Morgan fingerprint density at radius 3 is 1.31 bits per heavy atom. The predicted molar refractivity (Wildman–Crippen MR) is 162 cm³/mol. The topological polar surface area (TPSA) is 87.3 Å². The zero-order valence-electron chi connectivity index (χ0n) is 25.7. The molecule has 2 saturated carbocycles. The molecular weight excluding hydrogens is 486 g/mol. The fourth-order valence-electron chi connectivity index (χ4n) is 6.23. The molecular formula is C33H53N3O3. The maximum Gasteiger partial charge on any atom is 0.227 e. The second-order valence-electron chi connectivity index (χ2n) is 14.4. The highest BCUT2D eigenvalue weighted by molar-refractivity contribution is 5.99. The van der Waals surface area contributed by atoms with Gasteiger partial charge in [0, 0.05) is 34.8 Å². The van der Waals surface area contributed by atoms with Gasteiger partial charge in [-0.25, -0.2) is 0 Å². The van der Waals surface area contributed by atoms with Gasteiger partial charge in [-0.05, 0) is 98.7 Å². The van der Waals surface area contributed by atoms with Crippen LogP contribution in [0.5, 0.6) is 0 Å². The molecule has 6 heteroatoms. The summed E-state index contributed by atoms with van der Waals surface area (Å²) in [6.07, 6.45) is 8.53. The Hall–Kier alpha value is -2.37. The minimum Gasteiger partial charge on any atom is -0.326 e. The van der Waals surface area contributed by atoms with Crippen LogP contribution < -0.4 is 16.0 Å². The summed E-state index contributed by atoms with van der Waals surface area (Å²) in [6.45, 7) is 17.6. The molecule has 2 aliphatic carbocycles. The molecule has 218 valence electrons. The monoisotopic (exact) mass is 539 g/mol. The van der Waals surface area contributed by atoms with Crippen molar-refractivity contribution >= 4 is 34.8 Å². The van der Waals surface area contributed by atoms with Crippen LogP contribution in [0.4, 0.5) is 17.1 Å². The van der Waals surface area contributed by atoms with Gasteiger partial charge < -0.3 is 16.0 Å². The van der Waals surface area contributed by atoms with Crippen molar-refractivity contribution in [2.45, 2.75) is 113 Å². The second kappa shape index (κ2) is 12.9. The lowest BCUT2D eigenvalue weighted by Gasteiger charge is -2.36. The van der Waals surface area contributed by atoms with Crippen LogP contribution in [-0.2, 0) is 14.4 Å². The Bertz CT molecular complexity index is 938. The molecule has 0 radical (unpaired) electrons. The maximum atomic E-state index is 13.2. The van der Waals surface area contributed by atoms with Gasteiger partial charge in [-0.2, -0.15) is 0 Å². The van der Waals surface area contributed by atoms with Crippen molar-refractivity contribution in [3.8, 4) is 0 Å². The van der Waals surface area contributed by atoms with E-state index in [1.807, 2.05) is 19.9 Å². The number of hydrogen-bond acceptors (Lipinski definition) is 3. The van der Waals surface area contributed by atoms with E-state index >= 15 is 0 Å². The molecule has 3 amide bonds. The number of carbonyl (C=O) groups excluding carboxylic acids is 3. The van der Waals surface area contributed by atoms with Crippen molar-refractivity contribution in [1.29, 1.82) is 0 Å². The Kier molecular flexibility index (Phi) is 10.3. The van der Waals surface area contributed by atoms with Gasteiger partial charge in [0.15, 0.2) is 0 Å². The molecule has 1 atom stereocenters. The molecule has 1 aromatic rings. The molecule has 0 saturated heterocycles. The maximum absolute atomic E-state index is 13.2. The average Bonchev–Trinajstić information content (AvgIpc) is 2.87. The summed E-state index contributed by atoms with van der Waals surface area (Å²) >= 11 is 0. The van der Waals surface area contributed by atoms with E-state index < -0.39 is 0 Å². The first-order valence-corrected chi connectivity index (χ1v) is 15.2. The highest BCUT2D eigenvalue weighted by Gasteiger charge is 2.34. The molecule has 39 heavy (non-hydrogen) atoms. The van der Waals surface area contributed by atoms with Crippen LogP contribution >= 0.6 is 0 Å². The molecule has 0 heterocycles. The van der Waals surface area contributed by atoms with Gasteiger partial charge in [0.25, 0.3) is 0 Å². The molecule has 0 aromatic heterocycles. The predicted octanol–water partition coefficient (Wildman–Crippen LogP) is 8.25. The number of hydrogen-bond donors (Lipinski definition) is 3. The van der Waals surface area contributed by atoms with E-state index in [2.05, 4.69) is 57.5 Å². The second-order valence-corrected chi connectivity index (χ2v) is 14.4. The number of carbonyl (C=O) groups is 3. The van der Waals surface area contributed by atoms with E-state index in [0.717, 1.165) is 57.8 Å². The van der Waals surface area contributed by atoms with Crippen molar-refractivity contribution in [3.63, 3.8) is 0 Å². The van der Waals surface area contributed by atoms with Crippen LogP contribution in [0.3, 0.4) is 0 Å². The Morgan fingerprint density at radius 2 is 1.00 bits per heavy atom. The smallest absolute Gasteiger partial charge is 0.227 e. The molecule has 0 spiro atoms. The lowest BCUT2D eigenvalue weighted by molar-refractivity contribution is -0.122. The fourth-order valence-corrected chi connectivity index (χ4v) is 6.23. The number of nitrogens with one attached hydrogen (secondary N) is 3. The third-order valence-electron chi connectivity index (χ3n) is 9.44. The first-order chi connectivity index (χ1) is 18.2. The van der Waals surface area contributed by atoms with Gasteiger partial charge in [-0.15, -0.1) is 0 Å². The first-order valence-electron chi connectivity index (χ1n) is 15.2. The third-order valence-corrected chi connectivity index (χ3v) is 9.44. The molecule has 1 unspecified atom stereocenters. The highest BCUT2D eigenvalue weighted by atomic mass is 16.2. The number of amides is 3. The molecule has 1 aromatic carbocycles. The minimum absolute atomic E-state index is 0.0157. The molecule has 3 rings (SSSR count). The standard InChI is InChI=1S/C33H53N3O3/c1-9-21(2)29(37)34-26-18-27(35-30(38)22-10-14-24(15-11-22)32(3,4)5)20-28(19-26)36-31(39)23-12-16-25(17-13-23)33(6,7)8/h18-25H,9-17H2,1-8H3,(H,34,37)(H,35,38)(H,36,39). The van der Waals surface area contributed by atoms with E-state index in [-0.39, 0.29) is 46.3 Å². The van der Waals surface area contributed by atoms with Crippen LogP contribution in [0.1, 0.15) is 113 Å². The van der Waals surface area contributed by atoms with Gasteiger partial charge in [0.2, 0.25) is 17.7 Å². The number of benzene rings is 1. The van der Waals surface area contributed by atoms with E-state index in [9.17, 15) is 14.4 Å². The molecule has 2 fully saturated rings. The molecule has 2 aliphatic rings. The summed E-state index contributed by atoms with van der Waals surface area (Å²) in [5.74, 6) is 1.09. The molecule has 0 bridgehead atoms. The highest BCUT2D eigenvalue weighted by Crippen LogP contribution is 2.41. The van der Waals surface area contributed by atoms with Crippen molar-refractivity contribution in [1.82, 2.24) is 0 Å². The van der Waals surface area contributed by atoms with Gasteiger partial charge in [-0.3, -0.25) is 14.4 Å². The first kappa shape index (κ1) is 31.2.